The molecule has 3 rings (SSSR count). The van der Waals surface area contributed by atoms with Crippen molar-refractivity contribution in [2.45, 2.75) is 0 Å². The fraction of sp³-hybridized carbons (Fsp3) is 0. The summed E-state index contributed by atoms with van der Waals surface area (Å²) in [5.41, 5.74) is 2.91. The second-order valence-corrected chi connectivity index (χ2v) is 4.00. The topological polar surface area (TPSA) is 25.8 Å². The van der Waals surface area contributed by atoms with E-state index in [9.17, 15) is 4.39 Å². The zero-order chi connectivity index (χ0) is 12.5. The summed E-state index contributed by atoms with van der Waals surface area (Å²) >= 11 is 0. The summed E-state index contributed by atoms with van der Waals surface area (Å²) in [6.45, 7) is 5.81. The molecule has 0 bridgehead atoms. The van der Waals surface area contributed by atoms with Crippen LogP contribution >= 0.6 is 0 Å². The number of fused-ring (bicyclic) bond motifs is 1. The van der Waals surface area contributed by atoms with E-state index in [1.54, 1.807) is 6.07 Å². The minimum absolute atomic E-state index is 0.259. The Labute approximate surface area is 104 Å². The molecule has 1 aromatic heterocycles. The first kappa shape index (κ1) is 10.8. The number of nitrogens with zero attached hydrogens (tertiary/aromatic N) is 2. The fourth-order valence-electron chi connectivity index (χ4n) is 1.92. The number of benzene rings is 2. The van der Waals surface area contributed by atoms with Gasteiger partial charge in [0.1, 0.15) is 12.1 Å². The summed E-state index contributed by atoms with van der Waals surface area (Å²) in [6.07, 6.45) is 1.43. The molecule has 3 aromatic rings. The van der Waals surface area contributed by atoms with Crippen molar-refractivity contribution in [3.8, 4) is 11.1 Å². The Balaban J connectivity index is 2.22. The Hall–Kier alpha value is -2.29. The third-order valence-electron chi connectivity index (χ3n) is 2.82. The molecule has 0 saturated heterocycles. The van der Waals surface area contributed by atoms with Crippen LogP contribution in [0.15, 0.2) is 48.8 Å². The third kappa shape index (κ3) is 1.84. The lowest BCUT2D eigenvalue weighted by Crippen LogP contribution is -1.88. The van der Waals surface area contributed by atoms with Gasteiger partial charge in [0.25, 0.3) is 0 Å². The van der Waals surface area contributed by atoms with E-state index in [1.807, 2.05) is 24.3 Å². The van der Waals surface area contributed by atoms with Gasteiger partial charge in [0, 0.05) is 12.3 Å². The van der Waals surface area contributed by atoms with Crippen molar-refractivity contribution in [3.63, 3.8) is 0 Å². The van der Waals surface area contributed by atoms with Crippen molar-refractivity contribution in [2.24, 2.45) is 0 Å². The Morgan fingerprint density at radius 2 is 1.78 bits per heavy atom. The molecular weight excluding hydrogens is 227 g/mol. The number of hydrogen-bond acceptors (Lipinski definition) is 2. The van der Waals surface area contributed by atoms with Crippen LogP contribution in [0.3, 0.4) is 0 Å². The van der Waals surface area contributed by atoms with E-state index in [0.717, 1.165) is 22.0 Å². The summed E-state index contributed by atoms with van der Waals surface area (Å²) in [7, 11) is 0. The molecule has 0 atom stereocenters. The average molecular weight is 236 g/mol. The average Bonchev–Trinajstić information content (AvgIpc) is 2.39. The highest BCUT2D eigenvalue weighted by molar-refractivity contribution is 5.86. The van der Waals surface area contributed by atoms with E-state index in [-0.39, 0.29) is 5.82 Å². The van der Waals surface area contributed by atoms with Gasteiger partial charge in [0.2, 0.25) is 0 Å². The molecule has 2 aromatic carbocycles. The molecule has 0 amide bonds. The molecule has 0 aliphatic heterocycles. The number of rotatable bonds is 1. The van der Waals surface area contributed by atoms with Gasteiger partial charge in [-0.3, -0.25) is 0 Å². The van der Waals surface area contributed by atoms with E-state index in [4.69, 9.17) is 6.92 Å². The van der Waals surface area contributed by atoms with E-state index < -0.39 is 0 Å². The van der Waals surface area contributed by atoms with Gasteiger partial charge in [-0.05, 0) is 35.4 Å². The van der Waals surface area contributed by atoms with E-state index in [2.05, 4.69) is 9.97 Å². The number of hydrogen-bond donors (Lipinski definition) is 0. The molecule has 0 N–H and O–H groups in total. The quantitative estimate of drug-likeness (QED) is 0.646. The first-order valence-corrected chi connectivity index (χ1v) is 5.50. The van der Waals surface area contributed by atoms with Crippen LogP contribution in [-0.4, -0.2) is 9.97 Å². The van der Waals surface area contributed by atoms with Gasteiger partial charge >= 0.3 is 0 Å². The van der Waals surface area contributed by atoms with E-state index in [1.165, 1.54) is 18.5 Å². The third-order valence-corrected chi connectivity index (χ3v) is 2.82. The van der Waals surface area contributed by atoms with Gasteiger partial charge < -0.3 is 0 Å². The second-order valence-electron chi connectivity index (χ2n) is 4.00. The Morgan fingerprint density at radius 3 is 2.61 bits per heavy atom. The molecule has 1 heterocycles. The molecule has 0 unspecified atom stereocenters. The van der Waals surface area contributed by atoms with E-state index >= 15 is 0 Å². The van der Waals surface area contributed by atoms with Crippen molar-refractivity contribution < 1.29 is 4.39 Å². The van der Waals surface area contributed by atoms with Gasteiger partial charge in [-0.25, -0.2) is 14.4 Å². The zero-order valence-corrected chi connectivity index (χ0v) is 9.47. The Morgan fingerprint density at radius 1 is 0.944 bits per heavy atom. The molecule has 2 radical (unpaired) electrons. The molecule has 3 heteroatoms. The molecule has 86 valence electrons. The lowest BCUT2D eigenvalue weighted by Gasteiger charge is -2.05. The maximum atomic E-state index is 13.2. The molecule has 0 aliphatic rings. The molecule has 2 nitrogen and oxygen atoms in total. The normalized spacial score (nSPS) is 10.8. The SMILES string of the molecule is [CH]c1ncnc2ccc(-c3cccc(F)c3)cc12. The summed E-state index contributed by atoms with van der Waals surface area (Å²) < 4.78 is 13.2. The van der Waals surface area contributed by atoms with Gasteiger partial charge in [-0.15, -0.1) is 0 Å². The van der Waals surface area contributed by atoms with Gasteiger partial charge in [0.15, 0.2) is 0 Å². The predicted octanol–water partition coefficient (Wildman–Crippen LogP) is 3.50. The summed E-state index contributed by atoms with van der Waals surface area (Å²) in [5, 5.41) is 0.777. The smallest absolute Gasteiger partial charge is 0.123 e. The van der Waals surface area contributed by atoms with Gasteiger partial charge in [0.05, 0.1) is 11.2 Å². The van der Waals surface area contributed by atoms with Crippen LogP contribution in [-0.2, 0) is 0 Å². The lowest BCUT2D eigenvalue weighted by molar-refractivity contribution is 0.628. The predicted molar refractivity (Wildman–Crippen MR) is 68.3 cm³/mol. The maximum absolute atomic E-state index is 13.2. The largest absolute Gasteiger partial charge is 0.240 e. The monoisotopic (exact) mass is 236 g/mol. The van der Waals surface area contributed by atoms with Gasteiger partial charge in [-0.2, -0.15) is 0 Å². The zero-order valence-electron chi connectivity index (χ0n) is 9.47. The fourth-order valence-corrected chi connectivity index (χ4v) is 1.92. The van der Waals surface area contributed by atoms with Crippen molar-refractivity contribution >= 4 is 10.9 Å². The summed E-state index contributed by atoms with van der Waals surface area (Å²) in [4.78, 5) is 8.08. The standard InChI is InChI=1S/C15H9FN2/c1-10-14-8-12(5-6-15(14)18-9-17-10)11-3-2-4-13(16)7-11/h1-9H. The van der Waals surface area contributed by atoms with Crippen LogP contribution in [0.5, 0.6) is 0 Å². The van der Waals surface area contributed by atoms with Crippen LogP contribution < -0.4 is 0 Å². The second kappa shape index (κ2) is 4.18. The number of halogens is 1. The minimum Gasteiger partial charge on any atom is -0.240 e. The first-order valence-electron chi connectivity index (χ1n) is 5.50. The molecular formula is C15H9FN2. The van der Waals surface area contributed by atoms with Crippen molar-refractivity contribution in [1.29, 1.82) is 0 Å². The Bertz CT molecular complexity index is 723. The van der Waals surface area contributed by atoms with Crippen molar-refractivity contribution in [3.05, 3.63) is 67.2 Å². The Kier molecular flexibility index (Phi) is 2.52. The number of aromatic nitrogens is 2. The highest BCUT2D eigenvalue weighted by Gasteiger charge is 2.04. The first-order chi connectivity index (χ1) is 8.74. The summed E-state index contributed by atoms with van der Waals surface area (Å²) in [6, 6.07) is 12.1. The molecule has 18 heavy (non-hydrogen) atoms. The van der Waals surface area contributed by atoms with Crippen LogP contribution in [0.1, 0.15) is 5.69 Å². The summed E-state index contributed by atoms with van der Waals surface area (Å²) in [5.74, 6) is -0.259. The van der Waals surface area contributed by atoms with Crippen molar-refractivity contribution in [2.75, 3.05) is 0 Å². The minimum atomic E-state index is -0.259. The highest BCUT2D eigenvalue weighted by Crippen LogP contribution is 2.24. The molecule has 0 spiro atoms. The maximum Gasteiger partial charge on any atom is 0.123 e. The van der Waals surface area contributed by atoms with Crippen LogP contribution in [0.4, 0.5) is 4.39 Å². The van der Waals surface area contributed by atoms with E-state index in [0.29, 0.717) is 5.69 Å². The van der Waals surface area contributed by atoms with Crippen LogP contribution in [0.2, 0.25) is 0 Å². The molecule has 0 saturated carbocycles. The van der Waals surface area contributed by atoms with Crippen LogP contribution in [0, 0.1) is 12.7 Å². The highest BCUT2D eigenvalue weighted by atomic mass is 19.1. The van der Waals surface area contributed by atoms with Crippen LogP contribution in [0.25, 0.3) is 22.0 Å². The van der Waals surface area contributed by atoms with Gasteiger partial charge in [-0.1, -0.05) is 18.2 Å². The molecule has 0 fully saturated rings. The lowest BCUT2D eigenvalue weighted by atomic mass is 10.0. The van der Waals surface area contributed by atoms with Crippen molar-refractivity contribution in [1.82, 2.24) is 9.97 Å². The molecule has 0 aliphatic carbocycles.